The van der Waals surface area contributed by atoms with Crippen LogP contribution in [-0.2, 0) is 11.3 Å². The zero-order valence-electron chi connectivity index (χ0n) is 8.87. The molecule has 1 fully saturated rings. The molecule has 2 heterocycles. The molecule has 1 unspecified atom stereocenters. The van der Waals surface area contributed by atoms with Crippen molar-refractivity contribution in [2.45, 2.75) is 37.5 Å². The Morgan fingerprint density at radius 3 is 3.19 bits per heavy atom. The molecule has 1 aromatic rings. The molecule has 1 aliphatic rings. The van der Waals surface area contributed by atoms with Gasteiger partial charge in [0.15, 0.2) is 5.82 Å². The molecule has 6 nitrogen and oxygen atoms in total. The van der Waals surface area contributed by atoms with Gasteiger partial charge in [0.2, 0.25) is 0 Å². The first-order valence-corrected chi connectivity index (χ1v) is 6.41. The van der Waals surface area contributed by atoms with Crippen LogP contribution in [-0.4, -0.2) is 37.0 Å². The lowest BCUT2D eigenvalue weighted by Crippen LogP contribution is -2.09. The van der Waals surface area contributed by atoms with Crippen molar-refractivity contribution < 1.29 is 9.90 Å². The largest absolute Gasteiger partial charge is 0.481 e. The number of aryl methyl sites for hydroxylation is 1. The van der Waals surface area contributed by atoms with Crippen LogP contribution in [0.25, 0.3) is 0 Å². The van der Waals surface area contributed by atoms with E-state index < -0.39 is 5.97 Å². The summed E-state index contributed by atoms with van der Waals surface area (Å²) in [6.45, 7) is 0.589. The number of carbonyl (C=O) groups is 1. The molecule has 1 aromatic heterocycles. The highest BCUT2D eigenvalue weighted by molar-refractivity contribution is 7.99. The van der Waals surface area contributed by atoms with Gasteiger partial charge in [-0.3, -0.25) is 4.79 Å². The predicted octanol–water partition coefficient (Wildman–Crippen LogP) is 1.11. The van der Waals surface area contributed by atoms with Crippen molar-refractivity contribution in [1.29, 1.82) is 0 Å². The third-order valence-electron chi connectivity index (χ3n) is 2.54. The minimum Gasteiger partial charge on any atom is -0.481 e. The molecule has 1 atom stereocenters. The fourth-order valence-corrected chi connectivity index (χ4v) is 3.03. The Morgan fingerprint density at radius 2 is 2.50 bits per heavy atom. The van der Waals surface area contributed by atoms with Gasteiger partial charge in [-0.05, 0) is 35.4 Å². The van der Waals surface area contributed by atoms with Gasteiger partial charge in [-0.15, -0.1) is 5.10 Å². The Morgan fingerprint density at radius 1 is 1.62 bits per heavy atom. The number of aromatic nitrogens is 4. The Kier molecular flexibility index (Phi) is 3.76. The van der Waals surface area contributed by atoms with Crippen LogP contribution in [0.2, 0.25) is 0 Å². The van der Waals surface area contributed by atoms with Gasteiger partial charge >= 0.3 is 5.97 Å². The van der Waals surface area contributed by atoms with E-state index in [1.807, 2.05) is 11.8 Å². The van der Waals surface area contributed by atoms with Gasteiger partial charge < -0.3 is 5.11 Å². The van der Waals surface area contributed by atoms with Crippen molar-refractivity contribution >= 4 is 17.7 Å². The van der Waals surface area contributed by atoms with E-state index in [2.05, 4.69) is 15.5 Å². The quantitative estimate of drug-likeness (QED) is 0.833. The maximum Gasteiger partial charge on any atom is 0.303 e. The second-order valence-electron chi connectivity index (χ2n) is 3.76. The zero-order chi connectivity index (χ0) is 11.4. The highest BCUT2D eigenvalue weighted by Gasteiger charge is 2.23. The molecule has 0 amide bonds. The molecule has 1 saturated heterocycles. The summed E-state index contributed by atoms with van der Waals surface area (Å²) >= 11 is 1.87. The molecule has 16 heavy (non-hydrogen) atoms. The van der Waals surface area contributed by atoms with E-state index in [-0.39, 0.29) is 6.42 Å². The number of nitrogens with zero attached hydrogens (tertiary/aromatic N) is 4. The molecule has 7 heteroatoms. The summed E-state index contributed by atoms with van der Waals surface area (Å²) in [6.07, 6.45) is 3.06. The van der Waals surface area contributed by atoms with Gasteiger partial charge in [-0.25, -0.2) is 4.68 Å². The Hall–Kier alpha value is -1.11. The predicted molar refractivity (Wildman–Crippen MR) is 59.1 cm³/mol. The SMILES string of the molecule is O=C(O)CCCn1nnnc1C1CCCS1. The molecule has 2 rings (SSSR count). The maximum atomic E-state index is 10.4. The monoisotopic (exact) mass is 242 g/mol. The summed E-state index contributed by atoms with van der Waals surface area (Å²) in [5, 5.41) is 20.5. The summed E-state index contributed by atoms with van der Waals surface area (Å²) in [4.78, 5) is 10.4. The Balaban J connectivity index is 1.93. The molecule has 0 bridgehead atoms. The van der Waals surface area contributed by atoms with Gasteiger partial charge in [0.1, 0.15) is 0 Å². The fourth-order valence-electron chi connectivity index (χ4n) is 1.76. The topological polar surface area (TPSA) is 80.9 Å². The van der Waals surface area contributed by atoms with Gasteiger partial charge in [0.05, 0.1) is 5.25 Å². The number of hydrogen-bond donors (Lipinski definition) is 1. The molecular weight excluding hydrogens is 228 g/mol. The summed E-state index contributed by atoms with van der Waals surface area (Å²) < 4.78 is 1.74. The molecule has 0 radical (unpaired) electrons. The summed E-state index contributed by atoms with van der Waals surface area (Å²) in [7, 11) is 0. The van der Waals surface area contributed by atoms with Crippen molar-refractivity contribution in [3.63, 3.8) is 0 Å². The lowest BCUT2D eigenvalue weighted by atomic mass is 10.2. The number of carboxylic acids is 1. The van der Waals surface area contributed by atoms with Crippen LogP contribution in [0.3, 0.4) is 0 Å². The highest BCUT2D eigenvalue weighted by Crippen LogP contribution is 2.38. The normalized spacial score (nSPS) is 20.1. The lowest BCUT2D eigenvalue weighted by molar-refractivity contribution is -0.137. The maximum absolute atomic E-state index is 10.4. The van der Waals surface area contributed by atoms with E-state index in [1.165, 1.54) is 6.42 Å². The number of carboxylic acid groups (broad SMARTS) is 1. The average Bonchev–Trinajstić information content (AvgIpc) is 2.84. The Labute approximate surface area is 97.4 Å². The molecule has 0 aromatic carbocycles. The van der Waals surface area contributed by atoms with Crippen LogP contribution in [0, 0.1) is 0 Å². The first-order chi connectivity index (χ1) is 7.77. The number of tetrazole rings is 1. The second kappa shape index (κ2) is 5.29. The molecule has 0 spiro atoms. The number of thioether (sulfide) groups is 1. The molecule has 1 aliphatic heterocycles. The molecule has 1 N–H and O–H groups in total. The van der Waals surface area contributed by atoms with Crippen LogP contribution in [0.1, 0.15) is 36.8 Å². The van der Waals surface area contributed by atoms with Crippen molar-refractivity contribution in [1.82, 2.24) is 20.2 Å². The third kappa shape index (κ3) is 2.72. The minimum absolute atomic E-state index is 0.164. The van der Waals surface area contributed by atoms with Crippen LogP contribution in [0.5, 0.6) is 0 Å². The molecule has 88 valence electrons. The van der Waals surface area contributed by atoms with E-state index in [4.69, 9.17) is 5.11 Å². The fraction of sp³-hybridized carbons (Fsp3) is 0.778. The van der Waals surface area contributed by atoms with Crippen LogP contribution in [0.15, 0.2) is 0 Å². The lowest BCUT2D eigenvalue weighted by Gasteiger charge is -2.08. The van der Waals surface area contributed by atoms with Gasteiger partial charge in [0, 0.05) is 13.0 Å². The van der Waals surface area contributed by atoms with E-state index in [9.17, 15) is 4.79 Å². The van der Waals surface area contributed by atoms with Crippen LogP contribution in [0.4, 0.5) is 0 Å². The third-order valence-corrected chi connectivity index (χ3v) is 3.91. The van der Waals surface area contributed by atoms with Crippen molar-refractivity contribution in [3.05, 3.63) is 5.82 Å². The molecule has 0 aliphatic carbocycles. The molecular formula is C9H14N4O2S. The Bertz CT molecular complexity index is 362. The zero-order valence-corrected chi connectivity index (χ0v) is 9.69. The first kappa shape index (κ1) is 11.4. The second-order valence-corrected chi connectivity index (χ2v) is 5.07. The van der Waals surface area contributed by atoms with E-state index in [1.54, 1.807) is 4.68 Å². The number of hydrogen-bond acceptors (Lipinski definition) is 5. The number of rotatable bonds is 5. The number of aliphatic carboxylic acids is 1. The van der Waals surface area contributed by atoms with E-state index in [0.29, 0.717) is 18.2 Å². The highest BCUT2D eigenvalue weighted by atomic mass is 32.2. The molecule has 0 saturated carbocycles. The standard InChI is InChI=1S/C9H14N4O2S/c14-8(15)4-1-5-13-9(10-11-12-13)7-3-2-6-16-7/h7H,1-6H2,(H,14,15). The van der Waals surface area contributed by atoms with Gasteiger partial charge in [-0.1, -0.05) is 0 Å². The van der Waals surface area contributed by atoms with Crippen molar-refractivity contribution in [2.24, 2.45) is 0 Å². The van der Waals surface area contributed by atoms with E-state index >= 15 is 0 Å². The average molecular weight is 242 g/mol. The van der Waals surface area contributed by atoms with E-state index in [0.717, 1.165) is 18.0 Å². The minimum atomic E-state index is -0.773. The smallest absolute Gasteiger partial charge is 0.303 e. The van der Waals surface area contributed by atoms with Crippen molar-refractivity contribution in [3.8, 4) is 0 Å². The summed E-state index contributed by atoms with van der Waals surface area (Å²) in [6, 6.07) is 0. The van der Waals surface area contributed by atoms with Crippen LogP contribution >= 0.6 is 11.8 Å². The van der Waals surface area contributed by atoms with Gasteiger partial charge in [0.25, 0.3) is 0 Å². The van der Waals surface area contributed by atoms with Crippen molar-refractivity contribution in [2.75, 3.05) is 5.75 Å². The first-order valence-electron chi connectivity index (χ1n) is 5.37. The van der Waals surface area contributed by atoms with Crippen LogP contribution < -0.4 is 0 Å². The summed E-state index contributed by atoms with van der Waals surface area (Å²) in [5.41, 5.74) is 0. The summed E-state index contributed by atoms with van der Waals surface area (Å²) in [5.74, 6) is 1.28. The van der Waals surface area contributed by atoms with Gasteiger partial charge in [-0.2, -0.15) is 11.8 Å².